The van der Waals surface area contributed by atoms with E-state index in [0.29, 0.717) is 0 Å². The fourth-order valence-corrected chi connectivity index (χ4v) is 3.57. The SMILES string of the molecule is Cc1c(C(=O)OC(C)C)[nH]c(-c2[nH]c(C(=O)OC(C)C)c(C)c2C(=O)OC(C)C)c1C(=O)OC(C)C. The Morgan fingerprint density at radius 2 is 0.750 bits per heavy atom. The molecule has 2 rings (SSSR count). The van der Waals surface area contributed by atoms with Crippen molar-refractivity contribution in [1.82, 2.24) is 9.97 Å². The van der Waals surface area contributed by atoms with E-state index in [1.54, 1.807) is 69.2 Å². The second-order valence-electron chi connectivity index (χ2n) is 9.57. The van der Waals surface area contributed by atoms with Gasteiger partial charge in [0.2, 0.25) is 0 Å². The molecule has 0 bridgehead atoms. The molecule has 10 nitrogen and oxygen atoms in total. The number of rotatable bonds is 9. The molecule has 0 radical (unpaired) electrons. The molecule has 2 N–H and O–H groups in total. The van der Waals surface area contributed by atoms with Gasteiger partial charge in [0.15, 0.2) is 0 Å². The standard InChI is InChI=1S/C26H36N2O8/c1-11(2)33-23(29)17-15(9)19(25(31)35-13(5)6)27-21(17)22-18(24(30)34-12(3)4)16(10)20(28-22)26(32)36-14(7)8/h11-14,27-28H,1-10H3. The van der Waals surface area contributed by atoms with Gasteiger partial charge < -0.3 is 28.9 Å². The zero-order valence-corrected chi connectivity index (χ0v) is 22.6. The van der Waals surface area contributed by atoms with Crippen molar-refractivity contribution in [2.24, 2.45) is 0 Å². The molecule has 0 saturated carbocycles. The van der Waals surface area contributed by atoms with Crippen molar-refractivity contribution in [1.29, 1.82) is 0 Å². The van der Waals surface area contributed by atoms with Gasteiger partial charge in [0.05, 0.1) is 46.9 Å². The van der Waals surface area contributed by atoms with Crippen molar-refractivity contribution in [3.05, 3.63) is 33.6 Å². The maximum atomic E-state index is 13.1. The van der Waals surface area contributed by atoms with Crippen LogP contribution in [-0.4, -0.2) is 58.3 Å². The number of carbonyl (C=O) groups excluding carboxylic acids is 4. The van der Waals surface area contributed by atoms with Crippen LogP contribution in [0.4, 0.5) is 0 Å². The third-order valence-corrected chi connectivity index (χ3v) is 4.94. The topological polar surface area (TPSA) is 137 Å². The average Bonchev–Trinajstić information content (AvgIpc) is 3.23. The third-order valence-electron chi connectivity index (χ3n) is 4.94. The van der Waals surface area contributed by atoms with Crippen molar-refractivity contribution in [2.45, 2.75) is 93.7 Å². The van der Waals surface area contributed by atoms with Gasteiger partial charge in [-0.2, -0.15) is 0 Å². The second-order valence-corrected chi connectivity index (χ2v) is 9.57. The minimum Gasteiger partial charge on any atom is -0.459 e. The molecular formula is C26H36N2O8. The van der Waals surface area contributed by atoms with Crippen molar-refractivity contribution < 1.29 is 38.1 Å². The van der Waals surface area contributed by atoms with Gasteiger partial charge >= 0.3 is 23.9 Å². The lowest BCUT2D eigenvalue weighted by atomic mass is 10.0. The van der Waals surface area contributed by atoms with Gasteiger partial charge in [0.25, 0.3) is 0 Å². The normalized spacial score (nSPS) is 11.4. The maximum Gasteiger partial charge on any atom is 0.355 e. The van der Waals surface area contributed by atoms with E-state index in [1.807, 2.05) is 0 Å². The van der Waals surface area contributed by atoms with Crippen LogP contribution in [0.15, 0.2) is 0 Å². The van der Waals surface area contributed by atoms with Gasteiger partial charge in [-0.25, -0.2) is 19.2 Å². The van der Waals surface area contributed by atoms with Crippen LogP contribution in [-0.2, 0) is 18.9 Å². The highest BCUT2D eigenvalue weighted by molar-refractivity contribution is 6.08. The summed E-state index contributed by atoms with van der Waals surface area (Å²) in [7, 11) is 0. The summed E-state index contributed by atoms with van der Waals surface area (Å²) in [6, 6.07) is 0. The quantitative estimate of drug-likeness (QED) is 0.364. The monoisotopic (exact) mass is 504 g/mol. The first kappa shape index (κ1) is 28.7. The highest BCUT2D eigenvalue weighted by Gasteiger charge is 2.34. The molecule has 10 heteroatoms. The predicted octanol–water partition coefficient (Wildman–Crippen LogP) is 4.89. The number of hydrogen-bond donors (Lipinski definition) is 2. The summed E-state index contributed by atoms with van der Waals surface area (Å²) < 4.78 is 21.5. The first-order valence-electron chi connectivity index (χ1n) is 11.9. The van der Waals surface area contributed by atoms with Crippen LogP contribution in [0.2, 0.25) is 0 Å². The van der Waals surface area contributed by atoms with Gasteiger partial charge in [-0.05, 0) is 80.4 Å². The Hall–Kier alpha value is -3.56. The molecule has 0 atom stereocenters. The number of aromatic nitrogens is 2. The Kier molecular flexibility index (Phi) is 9.12. The Morgan fingerprint density at radius 3 is 1.00 bits per heavy atom. The number of ether oxygens (including phenoxy) is 4. The molecule has 36 heavy (non-hydrogen) atoms. The van der Waals surface area contributed by atoms with Gasteiger partial charge in [0.1, 0.15) is 11.4 Å². The van der Waals surface area contributed by atoms with Crippen LogP contribution < -0.4 is 0 Å². The summed E-state index contributed by atoms with van der Waals surface area (Å²) in [5.41, 5.74) is 0.858. The molecule has 0 amide bonds. The van der Waals surface area contributed by atoms with Gasteiger partial charge in [-0.15, -0.1) is 0 Å². The first-order valence-corrected chi connectivity index (χ1v) is 11.9. The molecule has 2 heterocycles. The fraction of sp³-hybridized carbons (Fsp3) is 0.538. The molecule has 0 spiro atoms. The highest BCUT2D eigenvalue weighted by atomic mass is 16.6. The van der Waals surface area contributed by atoms with E-state index in [9.17, 15) is 19.2 Å². The lowest BCUT2D eigenvalue weighted by molar-refractivity contribution is 0.0355. The molecule has 0 saturated heterocycles. The largest absolute Gasteiger partial charge is 0.459 e. The highest BCUT2D eigenvalue weighted by Crippen LogP contribution is 2.35. The van der Waals surface area contributed by atoms with E-state index in [0.717, 1.165) is 0 Å². The van der Waals surface area contributed by atoms with Crippen molar-refractivity contribution in [3.63, 3.8) is 0 Å². The van der Waals surface area contributed by atoms with Crippen LogP contribution >= 0.6 is 0 Å². The minimum absolute atomic E-state index is 0.0242. The van der Waals surface area contributed by atoms with E-state index in [4.69, 9.17) is 18.9 Å². The summed E-state index contributed by atoms with van der Waals surface area (Å²) in [5, 5.41) is 0. The van der Waals surface area contributed by atoms with Gasteiger partial charge in [-0.1, -0.05) is 0 Å². The Labute approximate surface area is 211 Å². The van der Waals surface area contributed by atoms with Crippen LogP contribution in [0.3, 0.4) is 0 Å². The summed E-state index contributed by atoms with van der Waals surface area (Å²) in [5.74, 6) is -2.78. The summed E-state index contributed by atoms with van der Waals surface area (Å²) in [6.07, 6.45) is -1.70. The third kappa shape index (κ3) is 6.35. The minimum atomic E-state index is -0.709. The molecule has 0 unspecified atom stereocenters. The molecule has 0 aliphatic carbocycles. The number of esters is 4. The van der Waals surface area contributed by atoms with E-state index in [2.05, 4.69) is 9.97 Å². The number of nitrogens with one attached hydrogen (secondary N) is 2. The average molecular weight is 505 g/mol. The summed E-state index contributed by atoms with van der Waals surface area (Å²) in [6.45, 7) is 16.7. The van der Waals surface area contributed by atoms with E-state index < -0.39 is 48.3 Å². The van der Waals surface area contributed by atoms with E-state index in [-0.39, 0.29) is 45.0 Å². The predicted molar refractivity (Wildman–Crippen MR) is 132 cm³/mol. The lowest BCUT2D eigenvalue weighted by Gasteiger charge is -2.11. The van der Waals surface area contributed by atoms with Crippen molar-refractivity contribution >= 4 is 23.9 Å². The number of hydrogen-bond acceptors (Lipinski definition) is 8. The van der Waals surface area contributed by atoms with Crippen LogP contribution in [0.5, 0.6) is 0 Å². The number of aromatic amines is 2. The van der Waals surface area contributed by atoms with E-state index >= 15 is 0 Å². The molecule has 198 valence electrons. The van der Waals surface area contributed by atoms with Crippen LogP contribution in [0.25, 0.3) is 11.4 Å². The zero-order valence-electron chi connectivity index (χ0n) is 22.6. The maximum absolute atomic E-state index is 13.1. The van der Waals surface area contributed by atoms with Gasteiger partial charge in [-0.3, -0.25) is 0 Å². The molecule has 0 fully saturated rings. The van der Waals surface area contributed by atoms with Crippen LogP contribution in [0, 0.1) is 13.8 Å². The molecule has 2 aromatic heterocycles. The Bertz CT molecular complexity index is 1060. The van der Waals surface area contributed by atoms with Crippen molar-refractivity contribution in [3.8, 4) is 11.4 Å². The molecular weight excluding hydrogens is 468 g/mol. The Morgan fingerprint density at radius 1 is 0.500 bits per heavy atom. The number of H-pyrrole nitrogens is 2. The summed E-state index contributed by atoms with van der Waals surface area (Å²) >= 11 is 0. The van der Waals surface area contributed by atoms with Gasteiger partial charge in [0, 0.05) is 0 Å². The van der Waals surface area contributed by atoms with E-state index in [1.165, 1.54) is 0 Å². The fourth-order valence-electron chi connectivity index (χ4n) is 3.57. The molecule has 0 aliphatic heterocycles. The first-order chi connectivity index (χ1) is 16.6. The number of carbonyl (C=O) groups is 4. The second kappa shape index (κ2) is 11.5. The molecule has 0 aromatic carbocycles. The van der Waals surface area contributed by atoms with Crippen LogP contribution in [0.1, 0.15) is 108 Å². The lowest BCUT2D eigenvalue weighted by Crippen LogP contribution is -2.15. The van der Waals surface area contributed by atoms with Crippen molar-refractivity contribution in [2.75, 3.05) is 0 Å². The Balaban J connectivity index is 2.87. The summed E-state index contributed by atoms with van der Waals surface area (Å²) in [4.78, 5) is 57.7. The zero-order chi connectivity index (χ0) is 27.5. The smallest absolute Gasteiger partial charge is 0.355 e. The molecule has 0 aliphatic rings. The molecule has 2 aromatic rings.